The fourth-order valence-electron chi connectivity index (χ4n) is 2.62. The molecule has 0 aliphatic rings. The first kappa shape index (κ1) is 15.4. The van der Waals surface area contributed by atoms with E-state index in [9.17, 15) is 0 Å². The van der Waals surface area contributed by atoms with Crippen LogP contribution in [0.2, 0.25) is 0 Å². The van der Waals surface area contributed by atoms with E-state index in [1.54, 1.807) is 20.4 Å². The molecule has 0 bridgehead atoms. The van der Waals surface area contributed by atoms with Crippen molar-refractivity contribution in [3.8, 4) is 11.5 Å². The number of hydrogen-bond acceptors (Lipinski definition) is 4. The molecule has 0 aliphatic heterocycles. The van der Waals surface area contributed by atoms with Crippen LogP contribution in [0.15, 0.2) is 24.4 Å². The second-order valence-electron chi connectivity index (χ2n) is 4.86. The molecule has 0 fully saturated rings. The zero-order valence-corrected chi connectivity index (χ0v) is 13.3. The number of nitrogens with zero attached hydrogens (tertiary/aromatic N) is 2. The van der Waals surface area contributed by atoms with Gasteiger partial charge in [-0.05, 0) is 38.1 Å². The highest BCUT2D eigenvalue weighted by Crippen LogP contribution is 2.31. The Labute approximate surface area is 125 Å². The SMILES string of the molecule is CCn1ncc(OC)c1C(NC)c1ccc(OC)c(C)c1. The highest BCUT2D eigenvalue weighted by molar-refractivity contribution is 5.42. The van der Waals surface area contributed by atoms with Crippen molar-refractivity contribution in [1.29, 1.82) is 0 Å². The summed E-state index contributed by atoms with van der Waals surface area (Å²) >= 11 is 0. The molecule has 5 nitrogen and oxygen atoms in total. The minimum Gasteiger partial charge on any atom is -0.496 e. The third-order valence-electron chi connectivity index (χ3n) is 3.68. The molecule has 0 amide bonds. The van der Waals surface area contributed by atoms with Gasteiger partial charge in [-0.25, -0.2) is 0 Å². The molecule has 1 N–H and O–H groups in total. The van der Waals surface area contributed by atoms with E-state index in [0.717, 1.165) is 34.9 Å². The number of benzene rings is 1. The third-order valence-corrected chi connectivity index (χ3v) is 3.68. The van der Waals surface area contributed by atoms with Crippen molar-refractivity contribution in [2.45, 2.75) is 26.4 Å². The molecular weight excluding hydrogens is 266 g/mol. The summed E-state index contributed by atoms with van der Waals surface area (Å²) in [7, 11) is 5.30. The molecule has 1 heterocycles. The van der Waals surface area contributed by atoms with Gasteiger partial charge >= 0.3 is 0 Å². The monoisotopic (exact) mass is 289 g/mol. The van der Waals surface area contributed by atoms with Crippen LogP contribution < -0.4 is 14.8 Å². The summed E-state index contributed by atoms with van der Waals surface area (Å²) < 4.78 is 12.7. The summed E-state index contributed by atoms with van der Waals surface area (Å²) in [5.74, 6) is 1.69. The molecule has 0 radical (unpaired) electrons. The Hall–Kier alpha value is -2.01. The molecule has 1 aromatic heterocycles. The quantitative estimate of drug-likeness (QED) is 0.888. The largest absolute Gasteiger partial charge is 0.496 e. The highest BCUT2D eigenvalue weighted by atomic mass is 16.5. The Bertz CT molecular complexity index is 586. The Kier molecular flexibility index (Phi) is 4.85. The number of ether oxygens (including phenoxy) is 2. The molecular formula is C16H23N3O2. The summed E-state index contributed by atoms with van der Waals surface area (Å²) in [6.45, 7) is 4.91. The fraction of sp³-hybridized carbons (Fsp3) is 0.438. The zero-order chi connectivity index (χ0) is 15.4. The van der Waals surface area contributed by atoms with Gasteiger partial charge in [-0.2, -0.15) is 5.10 Å². The maximum Gasteiger partial charge on any atom is 0.161 e. The molecule has 0 aliphatic carbocycles. The van der Waals surface area contributed by atoms with Crippen molar-refractivity contribution >= 4 is 0 Å². The van der Waals surface area contributed by atoms with Gasteiger partial charge in [-0.15, -0.1) is 0 Å². The average Bonchev–Trinajstić information content (AvgIpc) is 2.91. The van der Waals surface area contributed by atoms with Crippen molar-refractivity contribution in [3.63, 3.8) is 0 Å². The van der Waals surface area contributed by atoms with Crippen molar-refractivity contribution in [1.82, 2.24) is 15.1 Å². The first-order valence-corrected chi connectivity index (χ1v) is 7.07. The summed E-state index contributed by atoms with van der Waals surface area (Å²) in [6, 6.07) is 6.21. The molecule has 2 rings (SSSR count). The van der Waals surface area contributed by atoms with E-state index in [-0.39, 0.29) is 6.04 Å². The summed E-state index contributed by atoms with van der Waals surface area (Å²) in [5.41, 5.74) is 3.30. The van der Waals surface area contributed by atoms with Crippen LogP contribution >= 0.6 is 0 Å². The van der Waals surface area contributed by atoms with Crippen molar-refractivity contribution in [3.05, 3.63) is 41.2 Å². The van der Waals surface area contributed by atoms with Crippen LogP contribution in [-0.2, 0) is 6.54 Å². The minimum absolute atomic E-state index is 0.0204. The summed E-state index contributed by atoms with van der Waals surface area (Å²) in [6.07, 6.45) is 1.76. The van der Waals surface area contributed by atoms with Crippen LogP contribution in [0.3, 0.4) is 0 Å². The number of hydrogen-bond donors (Lipinski definition) is 1. The van der Waals surface area contributed by atoms with Gasteiger partial charge in [-0.1, -0.05) is 12.1 Å². The molecule has 5 heteroatoms. The lowest BCUT2D eigenvalue weighted by molar-refractivity contribution is 0.400. The normalized spacial score (nSPS) is 12.2. The number of rotatable bonds is 6. The van der Waals surface area contributed by atoms with Gasteiger partial charge in [0.1, 0.15) is 11.4 Å². The second-order valence-corrected chi connectivity index (χ2v) is 4.86. The number of methoxy groups -OCH3 is 2. The van der Waals surface area contributed by atoms with Gasteiger partial charge in [0.15, 0.2) is 5.75 Å². The second kappa shape index (κ2) is 6.63. The van der Waals surface area contributed by atoms with Crippen LogP contribution in [0.1, 0.15) is 29.8 Å². The average molecular weight is 289 g/mol. The predicted molar refractivity (Wildman–Crippen MR) is 83.1 cm³/mol. The molecule has 1 unspecified atom stereocenters. The van der Waals surface area contributed by atoms with E-state index in [1.807, 2.05) is 24.7 Å². The number of nitrogens with one attached hydrogen (secondary N) is 1. The Morgan fingerprint density at radius 2 is 1.95 bits per heavy atom. The van der Waals surface area contributed by atoms with Gasteiger partial charge in [-0.3, -0.25) is 4.68 Å². The lowest BCUT2D eigenvalue weighted by Gasteiger charge is -2.20. The van der Waals surface area contributed by atoms with Gasteiger partial charge < -0.3 is 14.8 Å². The van der Waals surface area contributed by atoms with E-state index < -0.39 is 0 Å². The Morgan fingerprint density at radius 1 is 1.24 bits per heavy atom. The molecule has 0 saturated heterocycles. The van der Waals surface area contributed by atoms with Gasteiger partial charge in [0.05, 0.1) is 26.5 Å². The van der Waals surface area contributed by atoms with Crippen LogP contribution in [-0.4, -0.2) is 31.0 Å². The lowest BCUT2D eigenvalue weighted by atomic mass is 10.0. The zero-order valence-electron chi connectivity index (χ0n) is 13.3. The van der Waals surface area contributed by atoms with E-state index in [1.165, 1.54) is 0 Å². The maximum atomic E-state index is 5.46. The van der Waals surface area contributed by atoms with E-state index in [4.69, 9.17) is 9.47 Å². The van der Waals surface area contributed by atoms with Crippen LogP contribution in [0.25, 0.3) is 0 Å². The molecule has 0 saturated carbocycles. The van der Waals surface area contributed by atoms with Gasteiger partial charge in [0.25, 0.3) is 0 Å². The minimum atomic E-state index is 0.0204. The first-order valence-electron chi connectivity index (χ1n) is 7.07. The predicted octanol–water partition coefficient (Wildman–Crippen LogP) is 2.54. The molecule has 0 spiro atoms. The molecule has 1 aromatic carbocycles. The molecule has 114 valence electrons. The van der Waals surface area contributed by atoms with Crippen molar-refractivity contribution in [2.24, 2.45) is 0 Å². The van der Waals surface area contributed by atoms with Crippen LogP contribution in [0.5, 0.6) is 11.5 Å². The fourth-order valence-corrected chi connectivity index (χ4v) is 2.62. The number of aryl methyl sites for hydroxylation is 2. The van der Waals surface area contributed by atoms with E-state index in [0.29, 0.717) is 0 Å². The first-order chi connectivity index (χ1) is 10.2. The maximum absolute atomic E-state index is 5.46. The van der Waals surface area contributed by atoms with Crippen molar-refractivity contribution < 1.29 is 9.47 Å². The highest BCUT2D eigenvalue weighted by Gasteiger charge is 2.22. The van der Waals surface area contributed by atoms with Crippen molar-refractivity contribution in [2.75, 3.05) is 21.3 Å². The summed E-state index contributed by atoms with van der Waals surface area (Å²) in [4.78, 5) is 0. The van der Waals surface area contributed by atoms with Crippen LogP contribution in [0, 0.1) is 6.92 Å². The Balaban J connectivity index is 2.49. The van der Waals surface area contributed by atoms with Gasteiger partial charge in [0, 0.05) is 6.54 Å². The standard InChI is InChI=1S/C16H23N3O2/c1-6-19-16(14(21-5)10-18-19)15(17-3)12-7-8-13(20-4)11(2)9-12/h7-10,15,17H,6H2,1-5H3. The lowest BCUT2D eigenvalue weighted by Crippen LogP contribution is -2.22. The van der Waals surface area contributed by atoms with Gasteiger partial charge in [0.2, 0.25) is 0 Å². The third kappa shape index (κ3) is 2.88. The molecule has 21 heavy (non-hydrogen) atoms. The Morgan fingerprint density at radius 3 is 2.48 bits per heavy atom. The number of aromatic nitrogens is 2. The van der Waals surface area contributed by atoms with Crippen LogP contribution in [0.4, 0.5) is 0 Å². The van der Waals surface area contributed by atoms with E-state index in [2.05, 4.69) is 29.5 Å². The smallest absolute Gasteiger partial charge is 0.161 e. The summed E-state index contributed by atoms with van der Waals surface area (Å²) in [5, 5.41) is 7.74. The molecule has 1 atom stereocenters. The topological polar surface area (TPSA) is 48.3 Å². The van der Waals surface area contributed by atoms with E-state index >= 15 is 0 Å². The molecule has 2 aromatic rings.